The minimum absolute atomic E-state index is 0. The number of rotatable bonds is 6. The maximum atomic E-state index is 4.79. The summed E-state index contributed by atoms with van der Waals surface area (Å²) in [5, 5.41) is 7.81. The van der Waals surface area contributed by atoms with E-state index in [1.54, 1.807) is 11.3 Å². The molecule has 3 rings (SSSR count). The van der Waals surface area contributed by atoms with Gasteiger partial charge in [-0.15, -0.1) is 35.3 Å². The lowest BCUT2D eigenvalue weighted by molar-refractivity contribution is 0.312. The molecule has 1 saturated heterocycles. The van der Waals surface area contributed by atoms with Crippen molar-refractivity contribution in [3.05, 3.63) is 39.5 Å². The molecule has 0 saturated carbocycles. The van der Waals surface area contributed by atoms with Crippen molar-refractivity contribution in [3.63, 3.8) is 0 Å². The van der Waals surface area contributed by atoms with Gasteiger partial charge in [-0.05, 0) is 33.9 Å². The second-order valence-corrected chi connectivity index (χ2v) is 8.36. The van der Waals surface area contributed by atoms with Gasteiger partial charge in [0.05, 0.1) is 18.8 Å². The highest BCUT2D eigenvalue weighted by molar-refractivity contribution is 14.0. The van der Waals surface area contributed by atoms with Gasteiger partial charge in [0.25, 0.3) is 0 Å². The Kier molecular flexibility index (Phi) is 9.57. The summed E-state index contributed by atoms with van der Waals surface area (Å²) < 4.78 is 0. The van der Waals surface area contributed by atoms with Gasteiger partial charge < -0.3 is 20.4 Å². The SMILES string of the molecule is CCNC(=NCc1cccnc1N1CCN(C)CC1)NCc1nc(C)c(C)s1.I. The van der Waals surface area contributed by atoms with E-state index in [-0.39, 0.29) is 24.0 Å². The Morgan fingerprint density at radius 1 is 1.21 bits per heavy atom. The highest BCUT2D eigenvalue weighted by Crippen LogP contribution is 2.20. The van der Waals surface area contributed by atoms with Crippen molar-refractivity contribution in [2.75, 3.05) is 44.7 Å². The molecule has 0 bridgehead atoms. The van der Waals surface area contributed by atoms with Crippen LogP contribution < -0.4 is 15.5 Å². The number of likely N-dealkylation sites (N-methyl/N-ethyl adjacent to an activating group) is 1. The van der Waals surface area contributed by atoms with Gasteiger partial charge in [0.2, 0.25) is 0 Å². The molecule has 9 heteroatoms. The maximum Gasteiger partial charge on any atom is 0.191 e. The number of hydrogen-bond acceptors (Lipinski definition) is 6. The second kappa shape index (κ2) is 11.7. The number of halogens is 1. The number of aromatic nitrogens is 2. The van der Waals surface area contributed by atoms with Crippen LogP contribution in [0.15, 0.2) is 23.3 Å². The molecule has 1 fully saturated rings. The highest BCUT2D eigenvalue weighted by atomic mass is 127. The molecule has 2 aromatic heterocycles. The van der Waals surface area contributed by atoms with E-state index in [1.807, 2.05) is 12.3 Å². The molecule has 2 N–H and O–H groups in total. The molecule has 0 atom stereocenters. The zero-order chi connectivity index (χ0) is 19.9. The lowest BCUT2D eigenvalue weighted by Gasteiger charge is -2.34. The Morgan fingerprint density at radius 2 is 1.97 bits per heavy atom. The van der Waals surface area contributed by atoms with Crippen LogP contribution in [-0.4, -0.2) is 60.6 Å². The van der Waals surface area contributed by atoms with Gasteiger partial charge in [-0.3, -0.25) is 0 Å². The third-order valence-corrected chi connectivity index (χ3v) is 5.97. The van der Waals surface area contributed by atoms with E-state index in [1.165, 1.54) is 4.88 Å². The van der Waals surface area contributed by atoms with Crippen LogP contribution in [0.4, 0.5) is 5.82 Å². The van der Waals surface area contributed by atoms with E-state index in [2.05, 4.69) is 64.3 Å². The molecule has 160 valence electrons. The number of aliphatic imine (C=N–C) groups is 1. The van der Waals surface area contributed by atoms with Crippen LogP contribution in [0.3, 0.4) is 0 Å². The summed E-state index contributed by atoms with van der Waals surface area (Å²) in [5.41, 5.74) is 2.26. The van der Waals surface area contributed by atoms with E-state index >= 15 is 0 Å². The largest absolute Gasteiger partial charge is 0.357 e. The Hall–Kier alpha value is -1.46. The van der Waals surface area contributed by atoms with Crippen LogP contribution in [0.25, 0.3) is 0 Å². The fourth-order valence-electron chi connectivity index (χ4n) is 3.14. The predicted octanol–water partition coefficient (Wildman–Crippen LogP) is 2.78. The number of aryl methyl sites for hydroxylation is 2. The molecule has 0 aromatic carbocycles. The van der Waals surface area contributed by atoms with Crippen molar-refractivity contribution in [1.82, 2.24) is 25.5 Å². The molecule has 1 aliphatic heterocycles. The Bertz CT molecular complexity index is 780. The van der Waals surface area contributed by atoms with Crippen LogP contribution in [0.5, 0.6) is 0 Å². The van der Waals surface area contributed by atoms with Gasteiger partial charge in [-0.25, -0.2) is 15.0 Å². The zero-order valence-electron chi connectivity index (χ0n) is 17.7. The molecular weight excluding hydrogens is 497 g/mol. The van der Waals surface area contributed by atoms with Crippen molar-refractivity contribution >= 4 is 47.1 Å². The Morgan fingerprint density at radius 3 is 2.62 bits per heavy atom. The van der Waals surface area contributed by atoms with Gasteiger partial charge in [-0.2, -0.15) is 0 Å². The summed E-state index contributed by atoms with van der Waals surface area (Å²) in [5.74, 6) is 1.86. The number of thiazole rings is 1. The molecule has 1 aliphatic rings. The van der Waals surface area contributed by atoms with Crippen LogP contribution in [0.1, 0.15) is 28.1 Å². The molecule has 0 radical (unpaired) electrons. The van der Waals surface area contributed by atoms with Crippen LogP contribution in [0.2, 0.25) is 0 Å². The van der Waals surface area contributed by atoms with Crippen molar-refractivity contribution in [2.24, 2.45) is 4.99 Å². The summed E-state index contributed by atoms with van der Waals surface area (Å²) in [6, 6.07) is 4.12. The third kappa shape index (κ3) is 6.78. The molecule has 3 heterocycles. The molecule has 2 aromatic rings. The van der Waals surface area contributed by atoms with Gasteiger partial charge in [0.1, 0.15) is 10.8 Å². The number of hydrogen-bond donors (Lipinski definition) is 2. The van der Waals surface area contributed by atoms with Gasteiger partial charge in [0, 0.05) is 49.4 Å². The number of guanidine groups is 1. The Labute approximate surface area is 195 Å². The predicted molar refractivity (Wildman–Crippen MR) is 133 cm³/mol. The number of anilines is 1. The minimum atomic E-state index is 0. The average molecular weight is 529 g/mol. The van der Waals surface area contributed by atoms with E-state index in [0.29, 0.717) is 13.1 Å². The first-order valence-corrected chi connectivity index (χ1v) is 10.7. The van der Waals surface area contributed by atoms with Crippen molar-refractivity contribution < 1.29 is 0 Å². The number of pyridine rings is 1. The summed E-state index contributed by atoms with van der Waals surface area (Å²) in [7, 11) is 2.17. The first-order valence-electron chi connectivity index (χ1n) is 9.89. The third-order valence-electron chi connectivity index (χ3n) is 4.90. The molecule has 7 nitrogen and oxygen atoms in total. The van der Waals surface area contributed by atoms with Gasteiger partial charge in [0.15, 0.2) is 5.96 Å². The fraction of sp³-hybridized carbons (Fsp3) is 0.550. The van der Waals surface area contributed by atoms with Gasteiger partial charge >= 0.3 is 0 Å². The monoisotopic (exact) mass is 529 g/mol. The zero-order valence-corrected chi connectivity index (χ0v) is 20.9. The van der Waals surface area contributed by atoms with Gasteiger partial charge in [-0.1, -0.05) is 6.07 Å². The summed E-state index contributed by atoms with van der Waals surface area (Å²) >= 11 is 1.73. The lowest BCUT2D eigenvalue weighted by Crippen LogP contribution is -2.45. The molecular formula is C20H32IN7S. The van der Waals surface area contributed by atoms with E-state index in [4.69, 9.17) is 4.99 Å². The number of piperazine rings is 1. The number of nitrogens with one attached hydrogen (secondary N) is 2. The summed E-state index contributed by atoms with van der Waals surface area (Å²) in [6.07, 6.45) is 1.87. The smallest absolute Gasteiger partial charge is 0.191 e. The fourth-order valence-corrected chi connectivity index (χ4v) is 4.01. The second-order valence-electron chi connectivity index (χ2n) is 7.07. The summed E-state index contributed by atoms with van der Waals surface area (Å²) in [6.45, 7) is 12.5. The molecule has 0 amide bonds. The van der Waals surface area contributed by atoms with Crippen LogP contribution in [-0.2, 0) is 13.1 Å². The van der Waals surface area contributed by atoms with Crippen molar-refractivity contribution in [1.29, 1.82) is 0 Å². The molecule has 0 aliphatic carbocycles. The molecule has 0 spiro atoms. The van der Waals surface area contributed by atoms with Crippen molar-refractivity contribution in [2.45, 2.75) is 33.9 Å². The maximum absolute atomic E-state index is 4.79. The topological polar surface area (TPSA) is 68.7 Å². The first kappa shape index (κ1) is 23.8. The molecule has 29 heavy (non-hydrogen) atoms. The van der Waals surface area contributed by atoms with Crippen molar-refractivity contribution in [3.8, 4) is 0 Å². The summed E-state index contributed by atoms with van der Waals surface area (Å²) in [4.78, 5) is 20.0. The Balaban J connectivity index is 0.00000300. The minimum Gasteiger partial charge on any atom is -0.357 e. The normalized spacial score (nSPS) is 15.2. The number of nitrogens with zero attached hydrogens (tertiary/aromatic N) is 5. The van der Waals surface area contributed by atoms with Crippen LogP contribution >= 0.6 is 35.3 Å². The van der Waals surface area contributed by atoms with E-state index < -0.39 is 0 Å². The highest BCUT2D eigenvalue weighted by Gasteiger charge is 2.17. The first-order chi connectivity index (χ1) is 13.6. The average Bonchev–Trinajstić information content (AvgIpc) is 3.02. The quantitative estimate of drug-likeness (QED) is 0.341. The van der Waals surface area contributed by atoms with Crippen LogP contribution in [0, 0.1) is 13.8 Å². The van der Waals surface area contributed by atoms with E-state index in [9.17, 15) is 0 Å². The molecule has 0 unspecified atom stereocenters. The lowest BCUT2D eigenvalue weighted by atomic mass is 10.2. The van der Waals surface area contributed by atoms with E-state index in [0.717, 1.165) is 60.8 Å². The standard InChI is InChI=1S/C20H31N7S.HI/c1-5-21-20(24-14-18-25-15(2)16(3)28-18)23-13-17-7-6-8-22-19(17)27-11-9-26(4)10-12-27;/h6-8H,5,9-14H2,1-4H3,(H2,21,23,24);1H.